The molecule has 0 saturated carbocycles. The summed E-state index contributed by atoms with van der Waals surface area (Å²) in [4.78, 5) is 21.4. The Balaban J connectivity index is 2.65. The highest BCUT2D eigenvalue weighted by atomic mass is 16.5. The van der Waals surface area contributed by atoms with Gasteiger partial charge in [0.1, 0.15) is 5.75 Å². The molecule has 0 spiro atoms. The molecule has 1 aromatic rings. The standard InChI is InChI=1S/C11H11NO4/c1-16-9-4-2-3-8(7-9)12-10(13)5-6-11(14)15/h2-7H,1H3,(H,12,13)(H,14,15). The lowest BCUT2D eigenvalue weighted by Crippen LogP contribution is -2.08. The van der Waals surface area contributed by atoms with E-state index in [-0.39, 0.29) is 0 Å². The lowest BCUT2D eigenvalue weighted by Gasteiger charge is -2.04. The fraction of sp³-hybridized carbons (Fsp3) is 0.0909. The molecule has 0 atom stereocenters. The summed E-state index contributed by atoms with van der Waals surface area (Å²) in [5, 5.41) is 10.8. The Morgan fingerprint density at radius 2 is 2.12 bits per heavy atom. The number of benzene rings is 1. The molecule has 0 aliphatic carbocycles. The van der Waals surface area contributed by atoms with Gasteiger partial charge in [0.2, 0.25) is 5.91 Å². The zero-order chi connectivity index (χ0) is 12.0. The first kappa shape index (κ1) is 11.8. The lowest BCUT2D eigenvalue weighted by molar-refractivity contribution is -0.131. The summed E-state index contributed by atoms with van der Waals surface area (Å²) in [5.41, 5.74) is 0.541. The van der Waals surface area contributed by atoms with E-state index < -0.39 is 11.9 Å². The van der Waals surface area contributed by atoms with Crippen molar-refractivity contribution < 1.29 is 19.4 Å². The third kappa shape index (κ3) is 3.83. The molecule has 2 N–H and O–H groups in total. The maximum atomic E-state index is 11.2. The molecule has 84 valence electrons. The normalized spacial score (nSPS) is 10.1. The molecular formula is C11H11NO4. The Morgan fingerprint density at radius 1 is 1.38 bits per heavy atom. The molecule has 0 saturated heterocycles. The van der Waals surface area contributed by atoms with Crippen molar-refractivity contribution in [3.63, 3.8) is 0 Å². The second-order valence-electron chi connectivity index (χ2n) is 2.89. The minimum absolute atomic E-state index is 0.504. The number of ether oxygens (including phenoxy) is 1. The van der Waals surface area contributed by atoms with Gasteiger partial charge in [-0.2, -0.15) is 0 Å². The van der Waals surface area contributed by atoms with E-state index in [2.05, 4.69) is 5.32 Å². The Morgan fingerprint density at radius 3 is 2.75 bits per heavy atom. The van der Waals surface area contributed by atoms with Crippen molar-refractivity contribution in [2.75, 3.05) is 12.4 Å². The van der Waals surface area contributed by atoms with Gasteiger partial charge in [-0.1, -0.05) is 6.07 Å². The summed E-state index contributed by atoms with van der Waals surface area (Å²) in [5.74, 6) is -1.06. The van der Waals surface area contributed by atoms with E-state index in [0.717, 1.165) is 12.2 Å². The topological polar surface area (TPSA) is 75.6 Å². The highest BCUT2D eigenvalue weighted by Gasteiger charge is 1.99. The van der Waals surface area contributed by atoms with Gasteiger partial charge in [0.25, 0.3) is 0 Å². The molecule has 16 heavy (non-hydrogen) atoms. The number of nitrogens with one attached hydrogen (secondary N) is 1. The van der Waals surface area contributed by atoms with E-state index >= 15 is 0 Å². The molecule has 1 rings (SSSR count). The van der Waals surface area contributed by atoms with Crippen molar-refractivity contribution in [3.05, 3.63) is 36.4 Å². The maximum absolute atomic E-state index is 11.2. The number of aliphatic carboxylic acids is 1. The second kappa shape index (κ2) is 5.55. The number of methoxy groups -OCH3 is 1. The number of carboxylic acid groups (broad SMARTS) is 1. The van der Waals surface area contributed by atoms with Crippen molar-refractivity contribution in [1.29, 1.82) is 0 Å². The SMILES string of the molecule is COc1cccc(NC(=O)C=CC(=O)O)c1. The van der Waals surface area contributed by atoms with E-state index in [1.54, 1.807) is 24.3 Å². The van der Waals surface area contributed by atoms with Crippen LogP contribution in [0.15, 0.2) is 36.4 Å². The summed E-state index contributed by atoms with van der Waals surface area (Å²) >= 11 is 0. The van der Waals surface area contributed by atoms with Gasteiger partial charge >= 0.3 is 5.97 Å². The fourth-order valence-corrected chi connectivity index (χ4v) is 1.03. The van der Waals surface area contributed by atoms with E-state index in [1.165, 1.54) is 7.11 Å². The van der Waals surface area contributed by atoms with Gasteiger partial charge in [0, 0.05) is 23.9 Å². The lowest BCUT2D eigenvalue weighted by atomic mass is 10.3. The predicted molar refractivity (Wildman–Crippen MR) is 58.4 cm³/mol. The quantitative estimate of drug-likeness (QED) is 0.751. The Labute approximate surface area is 92.3 Å². The monoisotopic (exact) mass is 221 g/mol. The third-order valence-corrected chi connectivity index (χ3v) is 1.71. The van der Waals surface area contributed by atoms with Gasteiger partial charge in [-0.25, -0.2) is 4.79 Å². The summed E-state index contributed by atoms with van der Waals surface area (Å²) in [7, 11) is 1.52. The minimum Gasteiger partial charge on any atom is -0.497 e. The van der Waals surface area contributed by atoms with Gasteiger partial charge in [0.15, 0.2) is 0 Å². The number of carbonyl (C=O) groups is 2. The first-order chi connectivity index (χ1) is 7.61. The van der Waals surface area contributed by atoms with E-state index in [9.17, 15) is 9.59 Å². The van der Waals surface area contributed by atoms with Crippen LogP contribution in [0.1, 0.15) is 0 Å². The van der Waals surface area contributed by atoms with Gasteiger partial charge < -0.3 is 15.2 Å². The Hall–Kier alpha value is -2.30. The van der Waals surface area contributed by atoms with Crippen LogP contribution in [-0.2, 0) is 9.59 Å². The van der Waals surface area contributed by atoms with Gasteiger partial charge in [-0.15, -0.1) is 0 Å². The van der Waals surface area contributed by atoms with E-state index in [0.29, 0.717) is 11.4 Å². The second-order valence-corrected chi connectivity index (χ2v) is 2.89. The van der Waals surface area contributed by atoms with Crippen LogP contribution in [0.4, 0.5) is 5.69 Å². The number of anilines is 1. The smallest absolute Gasteiger partial charge is 0.328 e. The van der Waals surface area contributed by atoms with Gasteiger partial charge in [-0.05, 0) is 12.1 Å². The molecule has 1 aromatic carbocycles. The number of hydrogen-bond donors (Lipinski definition) is 2. The van der Waals surface area contributed by atoms with Crippen LogP contribution in [0, 0.1) is 0 Å². The number of carboxylic acids is 1. The zero-order valence-corrected chi connectivity index (χ0v) is 8.64. The molecule has 5 nitrogen and oxygen atoms in total. The molecular weight excluding hydrogens is 210 g/mol. The molecule has 0 unspecified atom stereocenters. The van der Waals surface area contributed by atoms with Crippen LogP contribution >= 0.6 is 0 Å². The molecule has 0 heterocycles. The molecule has 0 aliphatic heterocycles. The fourth-order valence-electron chi connectivity index (χ4n) is 1.03. The number of amides is 1. The van der Waals surface area contributed by atoms with Gasteiger partial charge in [0.05, 0.1) is 7.11 Å². The van der Waals surface area contributed by atoms with Crippen LogP contribution in [0.3, 0.4) is 0 Å². The van der Waals surface area contributed by atoms with Crippen molar-refractivity contribution in [1.82, 2.24) is 0 Å². The largest absolute Gasteiger partial charge is 0.497 e. The van der Waals surface area contributed by atoms with Crippen LogP contribution in [-0.4, -0.2) is 24.1 Å². The average Bonchev–Trinajstić information content (AvgIpc) is 2.26. The molecule has 0 aliphatic rings. The van der Waals surface area contributed by atoms with Crippen LogP contribution in [0.25, 0.3) is 0 Å². The number of carbonyl (C=O) groups excluding carboxylic acids is 1. The molecule has 0 fully saturated rings. The summed E-state index contributed by atoms with van der Waals surface area (Å²) in [6, 6.07) is 6.76. The molecule has 1 amide bonds. The van der Waals surface area contributed by atoms with Crippen molar-refractivity contribution in [2.45, 2.75) is 0 Å². The molecule has 0 bridgehead atoms. The highest BCUT2D eigenvalue weighted by molar-refractivity contribution is 6.02. The molecule has 5 heteroatoms. The van der Waals surface area contributed by atoms with Crippen molar-refractivity contribution >= 4 is 17.6 Å². The summed E-state index contributed by atoms with van der Waals surface area (Å²) in [6.45, 7) is 0. The minimum atomic E-state index is -1.17. The zero-order valence-electron chi connectivity index (χ0n) is 8.64. The third-order valence-electron chi connectivity index (χ3n) is 1.71. The van der Waals surface area contributed by atoms with Crippen molar-refractivity contribution in [2.24, 2.45) is 0 Å². The maximum Gasteiger partial charge on any atom is 0.328 e. The molecule has 0 aromatic heterocycles. The Bertz CT molecular complexity index is 426. The summed E-state index contributed by atoms with van der Waals surface area (Å²) in [6.07, 6.45) is 1.72. The van der Waals surface area contributed by atoms with Crippen LogP contribution in [0.2, 0.25) is 0 Å². The highest BCUT2D eigenvalue weighted by Crippen LogP contribution is 2.16. The first-order valence-corrected chi connectivity index (χ1v) is 4.48. The number of rotatable bonds is 4. The van der Waals surface area contributed by atoms with Gasteiger partial charge in [-0.3, -0.25) is 4.79 Å². The molecule has 0 radical (unpaired) electrons. The van der Waals surface area contributed by atoms with Crippen LogP contribution in [0.5, 0.6) is 5.75 Å². The Kier molecular flexibility index (Phi) is 4.08. The van der Waals surface area contributed by atoms with E-state index in [4.69, 9.17) is 9.84 Å². The first-order valence-electron chi connectivity index (χ1n) is 4.48. The summed E-state index contributed by atoms with van der Waals surface area (Å²) < 4.78 is 4.97. The van der Waals surface area contributed by atoms with E-state index in [1.807, 2.05) is 0 Å². The average molecular weight is 221 g/mol. The number of hydrogen-bond acceptors (Lipinski definition) is 3. The predicted octanol–water partition coefficient (Wildman–Crippen LogP) is 1.27. The van der Waals surface area contributed by atoms with Crippen LogP contribution < -0.4 is 10.1 Å². The van der Waals surface area contributed by atoms with Crippen molar-refractivity contribution in [3.8, 4) is 5.75 Å².